The molecule has 0 spiro atoms. The molecule has 1 aliphatic heterocycles. The van der Waals surface area contributed by atoms with Crippen LogP contribution in [0, 0.1) is 23.7 Å². The number of aryl methyl sites for hydroxylation is 1. The standard InChI is InChI=1S/C22H26N2O5/c1-2-13-5-3-4-6-16(13)23-17(25)12-29-18(26)9-10-24-21(27)19-14-7-8-15(11-14)20(19)22(24)28/h3-6,14-15,19-20H,2,7-12H2,1H3,(H,23,25)/t14-,15-,19+,20+/m0/s1. The predicted octanol–water partition coefficient (Wildman–Crippen LogP) is 2.15. The van der Waals surface area contributed by atoms with E-state index in [1.165, 1.54) is 4.90 Å². The number of esters is 1. The number of anilines is 1. The Hall–Kier alpha value is -2.70. The first-order chi connectivity index (χ1) is 14.0. The lowest BCUT2D eigenvalue weighted by molar-refractivity contribution is -0.149. The number of nitrogens with one attached hydrogen (secondary N) is 1. The first kappa shape index (κ1) is 19.6. The average Bonchev–Trinajstić information content (AvgIpc) is 3.40. The number of benzene rings is 1. The van der Waals surface area contributed by atoms with Gasteiger partial charge >= 0.3 is 5.97 Å². The number of carbonyl (C=O) groups excluding carboxylic acids is 4. The molecule has 1 aromatic carbocycles. The topological polar surface area (TPSA) is 92.8 Å². The normalized spacial score (nSPS) is 27.3. The van der Waals surface area contributed by atoms with Gasteiger partial charge < -0.3 is 10.1 Å². The zero-order chi connectivity index (χ0) is 20.5. The summed E-state index contributed by atoms with van der Waals surface area (Å²) in [5.41, 5.74) is 1.70. The van der Waals surface area contributed by atoms with Gasteiger partial charge in [0, 0.05) is 12.2 Å². The number of fused-ring (bicyclic) bond motifs is 5. The molecule has 2 bridgehead atoms. The van der Waals surface area contributed by atoms with Crippen LogP contribution in [0.15, 0.2) is 24.3 Å². The third-order valence-electron chi connectivity index (χ3n) is 6.59. The number of carbonyl (C=O) groups is 4. The minimum absolute atomic E-state index is 0.0310. The number of hydrogen-bond acceptors (Lipinski definition) is 5. The van der Waals surface area contributed by atoms with Crippen molar-refractivity contribution in [2.24, 2.45) is 23.7 Å². The van der Waals surface area contributed by atoms with E-state index in [1.54, 1.807) is 6.07 Å². The van der Waals surface area contributed by atoms with Crippen LogP contribution in [0.3, 0.4) is 0 Å². The highest BCUT2D eigenvalue weighted by molar-refractivity contribution is 6.06. The van der Waals surface area contributed by atoms with Crippen LogP contribution in [0.1, 0.15) is 38.2 Å². The molecule has 2 saturated carbocycles. The largest absolute Gasteiger partial charge is 0.456 e. The van der Waals surface area contributed by atoms with Crippen LogP contribution in [0.4, 0.5) is 5.69 Å². The second-order valence-electron chi connectivity index (χ2n) is 8.18. The van der Waals surface area contributed by atoms with Crippen molar-refractivity contribution in [3.63, 3.8) is 0 Å². The van der Waals surface area contributed by atoms with Crippen molar-refractivity contribution < 1.29 is 23.9 Å². The molecule has 3 amide bonds. The molecule has 7 heteroatoms. The lowest BCUT2D eigenvalue weighted by atomic mass is 9.81. The minimum atomic E-state index is -0.593. The van der Waals surface area contributed by atoms with Gasteiger partial charge in [0.25, 0.3) is 5.91 Å². The van der Waals surface area contributed by atoms with Crippen molar-refractivity contribution >= 4 is 29.4 Å². The van der Waals surface area contributed by atoms with E-state index < -0.39 is 18.5 Å². The average molecular weight is 398 g/mol. The third kappa shape index (κ3) is 3.66. The van der Waals surface area contributed by atoms with E-state index in [0.717, 1.165) is 31.2 Å². The predicted molar refractivity (Wildman–Crippen MR) is 105 cm³/mol. The highest BCUT2D eigenvalue weighted by Crippen LogP contribution is 2.56. The summed E-state index contributed by atoms with van der Waals surface area (Å²) in [5.74, 6) is -0.976. The lowest BCUT2D eigenvalue weighted by Crippen LogP contribution is -2.35. The van der Waals surface area contributed by atoms with E-state index in [9.17, 15) is 19.2 Å². The van der Waals surface area contributed by atoms with Crippen molar-refractivity contribution in [2.75, 3.05) is 18.5 Å². The van der Waals surface area contributed by atoms with Crippen LogP contribution in [-0.2, 0) is 30.3 Å². The van der Waals surface area contributed by atoms with Crippen LogP contribution in [0.2, 0.25) is 0 Å². The Morgan fingerprint density at radius 1 is 1.10 bits per heavy atom. The van der Waals surface area contributed by atoms with Crippen LogP contribution in [-0.4, -0.2) is 41.7 Å². The smallest absolute Gasteiger partial charge is 0.308 e. The number of hydrogen-bond donors (Lipinski definition) is 1. The molecule has 4 atom stereocenters. The summed E-state index contributed by atoms with van der Waals surface area (Å²) in [7, 11) is 0. The fourth-order valence-electron chi connectivity index (χ4n) is 5.25. The van der Waals surface area contributed by atoms with Gasteiger partial charge in [0.1, 0.15) is 0 Å². The molecule has 0 radical (unpaired) electrons. The van der Waals surface area contributed by atoms with Crippen LogP contribution >= 0.6 is 0 Å². The first-order valence-electron chi connectivity index (χ1n) is 10.4. The zero-order valence-electron chi connectivity index (χ0n) is 16.6. The summed E-state index contributed by atoms with van der Waals surface area (Å²) in [6.45, 7) is 1.63. The maximum atomic E-state index is 12.6. The Kier molecular flexibility index (Phi) is 5.39. The molecular weight excluding hydrogens is 372 g/mol. The monoisotopic (exact) mass is 398 g/mol. The molecule has 1 heterocycles. The second-order valence-corrected chi connectivity index (χ2v) is 8.18. The van der Waals surface area contributed by atoms with Crippen LogP contribution < -0.4 is 5.32 Å². The highest BCUT2D eigenvalue weighted by Gasteiger charge is 2.60. The van der Waals surface area contributed by atoms with E-state index in [2.05, 4.69) is 5.32 Å². The quantitative estimate of drug-likeness (QED) is 0.561. The molecule has 154 valence electrons. The fraction of sp³-hybridized carbons (Fsp3) is 0.545. The number of likely N-dealkylation sites (tertiary alicyclic amines) is 1. The van der Waals surface area contributed by atoms with Gasteiger partial charge in [-0.25, -0.2) is 0 Å². The molecule has 1 N–H and O–H groups in total. The molecular formula is C22H26N2O5. The zero-order valence-corrected chi connectivity index (χ0v) is 16.6. The van der Waals surface area contributed by atoms with Gasteiger partial charge in [0.2, 0.25) is 11.8 Å². The minimum Gasteiger partial charge on any atom is -0.456 e. The number of para-hydroxylation sites is 1. The first-order valence-corrected chi connectivity index (χ1v) is 10.4. The van der Waals surface area contributed by atoms with Gasteiger partial charge in [0.05, 0.1) is 18.3 Å². The summed E-state index contributed by atoms with van der Waals surface area (Å²) in [6, 6.07) is 7.45. The summed E-state index contributed by atoms with van der Waals surface area (Å²) >= 11 is 0. The Morgan fingerprint density at radius 3 is 2.41 bits per heavy atom. The maximum Gasteiger partial charge on any atom is 0.308 e. The van der Waals surface area contributed by atoms with E-state index in [-0.39, 0.29) is 36.6 Å². The number of ether oxygens (including phenoxy) is 1. The molecule has 7 nitrogen and oxygen atoms in total. The van der Waals surface area contributed by atoms with E-state index in [1.807, 2.05) is 25.1 Å². The van der Waals surface area contributed by atoms with Crippen molar-refractivity contribution in [3.8, 4) is 0 Å². The van der Waals surface area contributed by atoms with Gasteiger partial charge in [-0.1, -0.05) is 25.1 Å². The Balaban J connectivity index is 1.24. The summed E-state index contributed by atoms with van der Waals surface area (Å²) < 4.78 is 5.03. The molecule has 3 fully saturated rings. The SMILES string of the molecule is CCc1ccccc1NC(=O)COC(=O)CCN1C(=O)[C@@H]2[C@H]3CC[C@@H](C3)[C@H]2C1=O. The number of imide groups is 1. The van der Waals surface area contributed by atoms with Gasteiger partial charge in [-0.05, 0) is 49.1 Å². The van der Waals surface area contributed by atoms with E-state index >= 15 is 0 Å². The molecule has 1 aromatic rings. The second kappa shape index (κ2) is 7.97. The van der Waals surface area contributed by atoms with E-state index in [0.29, 0.717) is 17.5 Å². The third-order valence-corrected chi connectivity index (χ3v) is 6.59. The van der Waals surface area contributed by atoms with Crippen molar-refractivity contribution in [2.45, 2.75) is 39.0 Å². The molecule has 29 heavy (non-hydrogen) atoms. The lowest BCUT2D eigenvalue weighted by Gasteiger charge is -2.19. The van der Waals surface area contributed by atoms with Crippen LogP contribution in [0.25, 0.3) is 0 Å². The molecule has 0 unspecified atom stereocenters. The van der Waals surface area contributed by atoms with Gasteiger partial charge in [-0.3, -0.25) is 24.1 Å². The highest BCUT2D eigenvalue weighted by atomic mass is 16.5. The number of amides is 3. The van der Waals surface area contributed by atoms with Crippen LogP contribution in [0.5, 0.6) is 0 Å². The molecule has 4 rings (SSSR count). The molecule has 2 aliphatic carbocycles. The van der Waals surface area contributed by atoms with Gasteiger partial charge in [0.15, 0.2) is 6.61 Å². The molecule has 1 saturated heterocycles. The Morgan fingerprint density at radius 2 is 1.76 bits per heavy atom. The molecule has 0 aromatic heterocycles. The Labute approximate surface area is 169 Å². The summed E-state index contributed by atoms with van der Waals surface area (Å²) in [6.07, 6.45) is 3.72. The summed E-state index contributed by atoms with van der Waals surface area (Å²) in [5, 5.41) is 2.74. The maximum absolute atomic E-state index is 12.6. The molecule has 3 aliphatic rings. The summed E-state index contributed by atoms with van der Waals surface area (Å²) in [4.78, 5) is 50.6. The number of rotatable bonds is 7. The van der Waals surface area contributed by atoms with E-state index in [4.69, 9.17) is 4.74 Å². The number of nitrogens with zero attached hydrogens (tertiary/aromatic N) is 1. The fourth-order valence-corrected chi connectivity index (χ4v) is 5.25. The van der Waals surface area contributed by atoms with Gasteiger partial charge in [-0.2, -0.15) is 0 Å². The van der Waals surface area contributed by atoms with Gasteiger partial charge in [-0.15, -0.1) is 0 Å². The van der Waals surface area contributed by atoms with Crippen molar-refractivity contribution in [3.05, 3.63) is 29.8 Å². The Bertz CT molecular complexity index is 823. The van der Waals surface area contributed by atoms with Crippen molar-refractivity contribution in [1.82, 2.24) is 4.90 Å². The van der Waals surface area contributed by atoms with Crippen molar-refractivity contribution in [1.29, 1.82) is 0 Å².